The molecule has 3 nitrogen and oxygen atoms in total. The van der Waals surface area contributed by atoms with Gasteiger partial charge < -0.3 is 5.73 Å². The van der Waals surface area contributed by atoms with Crippen LogP contribution >= 0.6 is 0 Å². The Morgan fingerprint density at radius 2 is 2.33 bits per heavy atom. The van der Waals surface area contributed by atoms with Gasteiger partial charge in [0.25, 0.3) is 0 Å². The van der Waals surface area contributed by atoms with Crippen molar-refractivity contribution in [2.75, 3.05) is 12.3 Å². The molecule has 1 atom stereocenters. The molecule has 0 aromatic carbocycles. The molecule has 1 rings (SSSR count). The minimum absolute atomic E-state index is 0.472. The van der Waals surface area contributed by atoms with E-state index in [0.717, 1.165) is 5.69 Å². The Hall–Kier alpha value is -0.740. The number of nitrogens with two attached hydrogens (primary N) is 1. The van der Waals surface area contributed by atoms with Gasteiger partial charge in [-0.2, -0.15) is 0 Å². The second kappa shape index (κ2) is 5.00. The van der Waals surface area contributed by atoms with Gasteiger partial charge in [-0.05, 0) is 12.1 Å². The molecule has 1 aromatic rings. The second-order valence-electron chi connectivity index (χ2n) is 2.40. The predicted octanol–water partition coefficient (Wildman–Crippen LogP) is 0.289. The third kappa shape index (κ3) is 3.11. The van der Waals surface area contributed by atoms with Gasteiger partial charge in [-0.3, -0.25) is 9.19 Å². The Morgan fingerprint density at radius 3 is 2.92 bits per heavy atom. The third-order valence-electron chi connectivity index (χ3n) is 1.38. The lowest BCUT2D eigenvalue weighted by atomic mass is 10.4. The van der Waals surface area contributed by atoms with Gasteiger partial charge in [0.15, 0.2) is 0 Å². The molecule has 0 radical (unpaired) electrons. The Balaban J connectivity index is 2.47. The maximum absolute atomic E-state index is 11.2. The molecule has 0 bridgehead atoms. The molecule has 1 heterocycles. The Morgan fingerprint density at radius 1 is 1.50 bits per heavy atom. The summed E-state index contributed by atoms with van der Waals surface area (Å²) < 4.78 is 11.2. The number of nitrogens with zero attached hydrogens (tertiary/aromatic N) is 1. The van der Waals surface area contributed by atoms with Gasteiger partial charge in [-0.1, -0.05) is 6.07 Å². The van der Waals surface area contributed by atoms with E-state index >= 15 is 0 Å². The quantitative estimate of drug-likeness (QED) is 0.731. The lowest BCUT2D eigenvalue weighted by Gasteiger charge is -1.98. The first-order valence-electron chi connectivity index (χ1n) is 3.78. The highest BCUT2D eigenvalue weighted by Gasteiger charge is 1.99. The highest BCUT2D eigenvalue weighted by molar-refractivity contribution is 7.84. The molecule has 1 unspecified atom stereocenters. The van der Waals surface area contributed by atoms with Crippen LogP contribution in [0.2, 0.25) is 0 Å². The van der Waals surface area contributed by atoms with E-state index < -0.39 is 10.8 Å². The number of hydrogen-bond acceptors (Lipinski definition) is 3. The summed E-state index contributed by atoms with van der Waals surface area (Å²) in [5.41, 5.74) is 6.13. The molecule has 0 amide bonds. The van der Waals surface area contributed by atoms with Gasteiger partial charge >= 0.3 is 0 Å². The molecule has 66 valence electrons. The van der Waals surface area contributed by atoms with Crippen molar-refractivity contribution in [3.8, 4) is 0 Å². The normalized spacial score (nSPS) is 12.8. The Labute approximate surface area is 74.5 Å². The molecule has 0 aliphatic rings. The van der Waals surface area contributed by atoms with Gasteiger partial charge in [-0.25, -0.2) is 0 Å². The van der Waals surface area contributed by atoms with Crippen molar-refractivity contribution in [2.45, 2.75) is 5.75 Å². The average Bonchev–Trinajstić information content (AvgIpc) is 2.06. The zero-order valence-corrected chi connectivity index (χ0v) is 7.59. The summed E-state index contributed by atoms with van der Waals surface area (Å²) in [5, 5.41) is 0. The molecule has 0 saturated heterocycles. The van der Waals surface area contributed by atoms with Crippen LogP contribution in [0.25, 0.3) is 0 Å². The lowest BCUT2D eigenvalue weighted by molar-refractivity contribution is 0.681. The number of pyridine rings is 1. The van der Waals surface area contributed by atoms with Crippen LogP contribution in [0.1, 0.15) is 5.69 Å². The van der Waals surface area contributed by atoms with Gasteiger partial charge in [0.2, 0.25) is 0 Å². The largest absolute Gasteiger partial charge is 0.330 e. The van der Waals surface area contributed by atoms with Crippen LogP contribution in [0.3, 0.4) is 0 Å². The molecule has 2 N–H and O–H groups in total. The van der Waals surface area contributed by atoms with Crippen molar-refractivity contribution in [3.63, 3.8) is 0 Å². The minimum Gasteiger partial charge on any atom is -0.330 e. The average molecular weight is 184 g/mol. The van der Waals surface area contributed by atoms with Crippen LogP contribution < -0.4 is 5.73 Å². The monoisotopic (exact) mass is 184 g/mol. The number of hydrogen-bond donors (Lipinski definition) is 1. The van der Waals surface area contributed by atoms with Crippen molar-refractivity contribution in [3.05, 3.63) is 30.1 Å². The maximum atomic E-state index is 11.2. The standard InChI is InChI=1S/C8H12N2OS/c9-4-6-12(11)7-8-3-1-2-5-10-8/h1-3,5H,4,6-7,9H2. The zero-order valence-electron chi connectivity index (χ0n) is 6.77. The fourth-order valence-electron chi connectivity index (χ4n) is 0.852. The van der Waals surface area contributed by atoms with Crippen LogP contribution in [0, 0.1) is 0 Å². The van der Waals surface area contributed by atoms with Crippen LogP contribution in [0.5, 0.6) is 0 Å². The van der Waals surface area contributed by atoms with Crippen molar-refractivity contribution in [2.24, 2.45) is 5.73 Å². The van der Waals surface area contributed by atoms with E-state index in [-0.39, 0.29) is 0 Å². The molecule has 0 aliphatic carbocycles. The zero-order chi connectivity index (χ0) is 8.81. The molecule has 0 fully saturated rings. The summed E-state index contributed by atoms with van der Waals surface area (Å²) in [6, 6.07) is 5.60. The van der Waals surface area contributed by atoms with E-state index in [1.165, 1.54) is 0 Å². The summed E-state index contributed by atoms with van der Waals surface area (Å²) in [6.07, 6.45) is 1.70. The minimum atomic E-state index is -0.859. The molecule has 0 spiro atoms. The topological polar surface area (TPSA) is 56.0 Å². The fourth-order valence-corrected chi connectivity index (χ4v) is 1.76. The number of rotatable bonds is 4. The first-order valence-corrected chi connectivity index (χ1v) is 5.26. The van der Waals surface area contributed by atoms with E-state index in [2.05, 4.69) is 4.98 Å². The Kier molecular flexibility index (Phi) is 3.90. The molecular weight excluding hydrogens is 172 g/mol. The smallest absolute Gasteiger partial charge is 0.0659 e. The summed E-state index contributed by atoms with van der Waals surface area (Å²) >= 11 is 0. The van der Waals surface area contributed by atoms with Gasteiger partial charge in [-0.15, -0.1) is 0 Å². The summed E-state index contributed by atoms with van der Waals surface area (Å²) in [7, 11) is -0.859. The van der Waals surface area contributed by atoms with Gasteiger partial charge in [0.05, 0.1) is 11.4 Å². The van der Waals surface area contributed by atoms with Crippen LogP contribution in [-0.4, -0.2) is 21.5 Å². The van der Waals surface area contributed by atoms with E-state index in [9.17, 15) is 4.21 Å². The first kappa shape index (κ1) is 9.35. The lowest BCUT2D eigenvalue weighted by Crippen LogP contribution is -2.11. The second-order valence-corrected chi connectivity index (χ2v) is 3.97. The van der Waals surface area contributed by atoms with Crippen LogP contribution in [-0.2, 0) is 16.6 Å². The first-order chi connectivity index (χ1) is 5.83. The molecule has 4 heteroatoms. The SMILES string of the molecule is NCCS(=O)Cc1ccccn1. The predicted molar refractivity (Wildman–Crippen MR) is 50.0 cm³/mol. The van der Waals surface area contributed by atoms with E-state index in [0.29, 0.717) is 18.1 Å². The summed E-state index contributed by atoms with van der Waals surface area (Å²) in [4.78, 5) is 4.07. The summed E-state index contributed by atoms with van der Waals surface area (Å²) in [5.74, 6) is 1.06. The molecule has 12 heavy (non-hydrogen) atoms. The van der Waals surface area contributed by atoms with Crippen molar-refractivity contribution < 1.29 is 4.21 Å². The van der Waals surface area contributed by atoms with Crippen molar-refractivity contribution in [1.29, 1.82) is 0 Å². The van der Waals surface area contributed by atoms with Gasteiger partial charge in [0, 0.05) is 29.3 Å². The molecule has 0 saturated carbocycles. The Bertz CT molecular complexity index is 250. The van der Waals surface area contributed by atoms with Crippen LogP contribution in [0.4, 0.5) is 0 Å². The molecule has 0 aliphatic heterocycles. The highest BCUT2D eigenvalue weighted by Crippen LogP contribution is 1.97. The third-order valence-corrected chi connectivity index (χ3v) is 2.69. The van der Waals surface area contributed by atoms with E-state index in [1.807, 2.05) is 18.2 Å². The van der Waals surface area contributed by atoms with Crippen LogP contribution in [0.15, 0.2) is 24.4 Å². The van der Waals surface area contributed by atoms with E-state index in [1.54, 1.807) is 6.20 Å². The maximum Gasteiger partial charge on any atom is 0.0659 e. The number of aromatic nitrogens is 1. The fraction of sp³-hybridized carbons (Fsp3) is 0.375. The van der Waals surface area contributed by atoms with Crippen molar-refractivity contribution in [1.82, 2.24) is 4.98 Å². The molecule has 1 aromatic heterocycles. The highest BCUT2D eigenvalue weighted by atomic mass is 32.2. The molecular formula is C8H12N2OS. The van der Waals surface area contributed by atoms with Crippen molar-refractivity contribution >= 4 is 10.8 Å². The van der Waals surface area contributed by atoms with Gasteiger partial charge in [0.1, 0.15) is 0 Å². The van der Waals surface area contributed by atoms with E-state index in [4.69, 9.17) is 5.73 Å². The summed E-state index contributed by atoms with van der Waals surface area (Å²) in [6.45, 7) is 0.472.